The molecule has 0 saturated carbocycles. The lowest BCUT2D eigenvalue weighted by atomic mass is 10.0. The molecular formula is C14H19F3N4O. The van der Waals surface area contributed by atoms with Gasteiger partial charge in [0.15, 0.2) is 5.69 Å². The van der Waals surface area contributed by atoms with Gasteiger partial charge >= 0.3 is 6.18 Å². The average Bonchev–Trinajstić information content (AvgIpc) is 3.02. The highest BCUT2D eigenvalue weighted by molar-refractivity contribution is 5.34. The van der Waals surface area contributed by atoms with E-state index < -0.39 is 11.9 Å². The maximum absolute atomic E-state index is 12.4. The molecule has 2 aliphatic heterocycles. The maximum atomic E-state index is 12.4. The van der Waals surface area contributed by atoms with E-state index in [9.17, 15) is 13.2 Å². The van der Waals surface area contributed by atoms with Gasteiger partial charge in [0.1, 0.15) is 5.82 Å². The summed E-state index contributed by atoms with van der Waals surface area (Å²) in [6.07, 6.45) is -1.47. The van der Waals surface area contributed by atoms with E-state index in [2.05, 4.69) is 20.4 Å². The molecule has 0 aromatic carbocycles. The number of anilines is 1. The summed E-state index contributed by atoms with van der Waals surface area (Å²) in [5, 5.41) is 10.0. The topological polar surface area (TPSA) is 50.3 Å². The molecule has 122 valence electrons. The molecule has 1 aromatic heterocycles. The third kappa shape index (κ3) is 3.67. The highest BCUT2D eigenvalue weighted by Crippen LogP contribution is 2.27. The number of halogens is 3. The first-order valence-corrected chi connectivity index (χ1v) is 7.51. The Labute approximate surface area is 126 Å². The van der Waals surface area contributed by atoms with Gasteiger partial charge in [-0.2, -0.15) is 13.2 Å². The van der Waals surface area contributed by atoms with Gasteiger partial charge in [0.05, 0.1) is 6.61 Å². The van der Waals surface area contributed by atoms with E-state index in [0.29, 0.717) is 11.9 Å². The number of nitrogens with one attached hydrogen (secondary N) is 1. The molecule has 1 unspecified atom stereocenters. The van der Waals surface area contributed by atoms with Crippen LogP contribution in [0.5, 0.6) is 0 Å². The monoisotopic (exact) mass is 316 g/mol. The molecule has 0 spiro atoms. The van der Waals surface area contributed by atoms with Crippen molar-refractivity contribution in [2.24, 2.45) is 0 Å². The fraction of sp³-hybridized carbons (Fsp3) is 0.714. The Morgan fingerprint density at radius 3 is 2.45 bits per heavy atom. The van der Waals surface area contributed by atoms with Gasteiger partial charge in [-0.15, -0.1) is 10.2 Å². The molecule has 1 aromatic rings. The fourth-order valence-electron chi connectivity index (χ4n) is 2.99. The van der Waals surface area contributed by atoms with Crippen molar-refractivity contribution in [3.63, 3.8) is 0 Å². The lowest BCUT2D eigenvalue weighted by Gasteiger charge is -2.35. The van der Waals surface area contributed by atoms with E-state index in [0.717, 1.165) is 51.6 Å². The summed E-state index contributed by atoms with van der Waals surface area (Å²) in [6.45, 7) is 3.59. The van der Waals surface area contributed by atoms with Gasteiger partial charge in [-0.05, 0) is 31.4 Å². The zero-order valence-corrected chi connectivity index (χ0v) is 12.1. The zero-order valence-electron chi connectivity index (χ0n) is 12.1. The third-order valence-electron chi connectivity index (χ3n) is 4.26. The van der Waals surface area contributed by atoms with Crippen LogP contribution in [-0.4, -0.2) is 53.5 Å². The van der Waals surface area contributed by atoms with Crippen LogP contribution in [-0.2, 0) is 10.9 Å². The molecule has 3 rings (SSSR count). The molecule has 0 radical (unpaired) electrons. The molecule has 0 amide bonds. The number of alkyl halides is 3. The van der Waals surface area contributed by atoms with Crippen LogP contribution >= 0.6 is 0 Å². The Hall–Kier alpha value is -1.41. The largest absolute Gasteiger partial charge is 0.435 e. The van der Waals surface area contributed by atoms with Crippen LogP contribution < -0.4 is 5.32 Å². The SMILES string of the molecule is FC(F)(F)c1ccc(NC2CCN(C3CCOC3)CC2)nn1. The van der Waals surface area contributed by atoms with Crippen molar-refractivity contribution in [3.05, 3.63) is 17.8 Å². The van der Waals surface area contributed by atoms with Gasteiger partial charge in [-0.3, -0.25) is 4.90 Å². The molecule has 8 heteroatoms. The molecule has 2 fully saturated rings. The van der Waals surface area contributed by atoms with E-state index in [4.69, 9.17) is 4.74 Å². The standard InChI is InChI=1S/C14H19F3N4O/c15-14(16,17)12-1-2-13(20-19-12)18-10-3-6-21(7-4-10)11-5-8-22-9-11/h1-2,10-11H,3-9H2,(H,18,20). The predicted octanol–water partition coefficient (Wildman–Crippen LogP) is 2.16. The summed E-state index contributed by atoms with van der Waals surface area (Å²) in [5.41, 5.74) is -0.964. The van der Waals surface area contributed by atoms with Crippen LogP contribution in [0.4, 0.5) is 19.0 Å². The van der Waals surface area contributed by atoms with Crippen LogP contribution in [0.2, 0.25) is 0 Å². The smallest absolute Gasteiger partial charge is 0.380 e. The van der Waals surface area contributed by atoms with E-state index in [1.54, 1.807) is 0 Å². The zero-order chi connectivity index (χ0) is 15.6. The summed E-state index contributed by atoms with van der Waals surface area (Å²) in [5.74, 6) is 0.399. The van der Waals surface area contributed by atoms with Gasteiger partial charge in [0, 0.05) is 31.8 Å². The number of likely N-dealkylation sites (tertiary alicyclic amines) is 1. The first kappa shape index (κ1) is 15.5. The van der Waals surface area contributed by atoms with E-state index in [-0.39, 0.29) is 6.04 Å². The second-order valence-electron chi connectivity index (χ2n) is 5.77. The van der Waals surface area contributed by atoms with Crippen molar-refractivity contribution in [1.29, 1.82) is 0 Å². The predicted molar refractivity (Wildman–Crippen MR) is 74.5 cm³/mol. The summed E-state index contributed by atoms with van der Waals surface area (Å²) in [4.78, 5) is 2.43. The molecule has 0 aliphatic carbocycles. The Morgan fingerprint density at radius 2 is 1.91 bits per heavy atom. The Balaban J connectivity index is 1.50. The van der Waals surface area contributed by atoms with E-state index in [1.165, 1.54) is 6.07 Å². The molecule has 5 nitrogen and oxygen atoms in total. The van der Waals surface area contributed by atoms with Crippen molar-refractivity contribution in [2.45, 2.75) is 37.5 Å². The molecule has 3 heterocycles. The average molecular weight is 316 g/mol. The van der Waals surface area contributed by atoms with Crippen LogP contribution in [0, 0.1) is 0 Å². The molecule has 2 aliphatic rings. The van der Waals surface area contributed by atoms with Crippen molar-refractivity contribution >= 4 is 5.82 Å². The third-order valence-corrected chi connectivity index (χ3v) is 4.26. The van der Waals surface area contributed by atoms with Gasteiger partial charge in [-0.25, -0.2) is 0 Å². The number of nitrogens with zero attached hydrogens (tertiary/aromatic N) is 3. The fourth-order valence-corrected chi connectivity index (χ4v) is 2.99. The number of ether oxygens (including phenoxy) is 1. The number of rotatable bonds is 3. The van der Waals surface area contributed by atoms with E-state index >= 15 is 0 Å². The minimum atomic E-state index is -4.44. The molecule has 1 atom stereocenters. The number of hydrogen-bond acceptors (Lipinski definition) is 5. The van der Waals surface area contributed by atoms with Gasteiger partial charge < -0.3 is 10.1 Å². The van der Waals surface area contributed by atoms with Crippen LogP contribution in [0.1, 0.15) is 25.0 Å². The Morgan fingerprint density at radius 1 is 1.14 bits per heavy atom. The van der Waals surface area contributed by atoms with Gasteiger partial charge in [-0.1, -0.05) is 0 Å². The summed E-state index contributed by atoms with van der Waals surface area (Å²) >= 11 is 0. The molecular weight excluding hydrogens is 297 g/mol. The van der Waals surface area contributed by atoms with Gasteiger partial charge in [0.2, 0.25) is 0 Å². The normalized spacial score (nSPS) is 24.6. The Bertz CT molecular complexity index is 480. The lowest BCUT2D eigenvalue weighted by Crippen LogP contribution is -2.45. The lowest BCUT2D eigenvalue weighted by molar-refractivity contribution is -0.141. The summed E-state index contributed by atoms with van der Waals surface area (Å²) in [7, 11) is 0. The van der Waals surface area contributed by atoms with E-state index in [1.807, 2.05) is 0 Å². The second-order valence-corrected chi connectivity index (χ2v) is 5.77. The van der Waals surface area contributed by atoms with Crippen molar-refractivity contribution in [1.82, 2.24) is 15.1 Å². The maximum Gasteiger partial charge on any atom is 0.435 e. The first-order chi connectivity index (χ1) is 10.5. The van der Waals surface area contributed by atoms with Crippen LogP contribution in [0.15, 0.2) is 12.1 Å². The molecule has 1 N–H and O–H groups in total. The minimum Gasteiger partial charge on any atom is -0.380 e. The minimum absolute atomic E-state index is 0.226. The number of aromatic nitrogens is 2. The van der Waals surface area contributed by atoms with Crippen molar-refractivity contribution in [2.75, 3.05) is 31.6 Å². The molecule has 22 heavy (non-hydrogen) atoms. The quantitative estimate of drug-likeness (QED) is 0.926. The summed E-state index contributed by atoms with van der Waals surface area (Å²) < 4.78 is 42.7. The second kappa shape index (κ2) is 6.37. The molecule has 2 saturated heterocycles. The van der Waals surface area contributed by atoms with Crippen molar-refractivity contribution in [3.8, 4) is 0 Å². The number of piperidine rings is 1. The van der Waals surface area contributed by atoms with Crippen LogP contribution in [0.25, 0.3) is 0 Å². The highest BCUT2D eigenvalue weighted by Gasteiger charge is 2.33. The van der Waals surface area contributed by atoms with Crippen LogP contribution in [0.3, 0.4) is 0 Å². The number of hydrogen-bond donors (Lipinski definition) is 1. The van der Waals surface area contributed by atoms with Crippen molar-refractivity contribution < 1.29 is 17.9 Å². The first-order valence-electron chi connectivity index (χ1n) is 7.51. The highest BCUT2D eigenvalue weighted by atomic mass is 19.4. The summed E-state index contributed by atoms with van der Waals surface area (Å²) in [6, 6.07) is 3.05. The van der Waals surface area contributed by atoms with Gasteiger partial charge in [0.25, 0.3) is 0 Å². The Kier molecular flexibility index (Phi) is 4.49. The molecule has 0 bridgehead atoms.